The molecule has 0 aromatic carbocycles. The Hall–Kier alpha value is -1.69. The van der Waals surface area contributed by atoms with Gasteiger partial charge < -0.3 is 15.2 Å². The monoisotopic (exact) mass is 239 g/mol. The summed E-state index contributed by atoms with van der Waals surface area (Å²) in [7, 11) is 1.60. The lowest BCUT2D eigenvalue weighted by atomic mass is 10.2. The van der Waals surface area contributed by atoms with Crippen molar-refractivity contribution in [3.63, 3.8) is 0 Å². The number of carboxylic acid groups (broad SMARTS) is 1. The minimum absolute atomic E-state index is 0.0832. The van der Waals surface area contributed by atoms with E-state index in [2.05, 4.69) is 15.3 Å². The average Bonchev–Trinajstić information content (AvgIpc) is 2.25. The van der Waals surface area contributed by atoms with E-state index in [1.807, 2.05) is 13.8 Å². The highest BCUT2D eigenvalue weighted by molar-refractivity contribution is 5.92. The molecule has 0 unspecified atom stereocenters. The lowest BCUT2D eigenvalue weighted by Gasteiger charge is -2.12. The van der Waals surface area contributed by atoms with E-state index in [0.717, 1.165) is 0 Å². The Morgan fingerprint density at radius 1 is 1.59 bits per heavy atom. The van der Waals surface area contributed by atoms with Gasteiger partial charge in [-0.25, -0.2) is 14.8 Å². The molecular weight excluding hydrogens is 222 g/mol. The number of rotatable bonds is 6. The van der Waals surface area contributed by atoms with Crippen LogP contribution in [0, 0.1) is 0 Å². The molecule has 0 amide bonds. The Kier molecular flexibility index (Phi) is 4.84. The summed E-state index contributed by atoms with van der Waals surface area (Å²) >= 11 is 0. The molecule has 6 nitrogen and oxygen atoms in total. The molecule has 0 atom stereocenters. The fourth-order valence-corrected chi connectivity index (χ4v) is 1.27. The van der Waals surface area contributed by atoms with E-state index in [4.69, 9.17) is 9.84 Å². The zero-order valence-corrected chi connectivity index (χ0v) is 10.2. The molecule has 0 aliphatic heterocycles. The summed E-state index contributed by atoms with van der Waals surface area (Å²) in [6.45, 7) is 4.35. The number of methoxy groups -OCH3 is 1. The van der Waals surface area contributed by atoms with Crippen LogP contribution in [0.2, 0.25) is 0 Å². The normalized spacial score (nSPS) is 10.6. The SMILES string of the molecule is COCCc1ncc(C(=O)O)c(NC(C)C)n1. The van der Waals surface area contributed by atoms with Gasteiger partial charge in [-0.2, -0.15) is 0 Å². The summed E-state index contributed by atoms with van der Waals surface area (Å²) in [5.41, 5.74) is 0.0832. The van der Waals surface area contributed by atoms with Gasteiger partial charge in [0.2, 0.25) is 0 Å². The second-order valence-corrected chi connectivity index (χ2v) is 3.90. The number of ether oxygens (including phenoxy) is 1. The maximum absolute atomic E-state index is 11.0. The molecular formula is C11H17N3O3. The van der Waals surface area contributed by atoms with E-state index in [-0.39, 0.29) is 11.6 Å². The molecule has 1 rings (SSSR count). The van der Waals surface area contributed by atoms with Gasteiger partial charge in [0.25, 0.3) is 0 Å². The van der Waals surface area contributed by atoms with Gasteiger partial charge in [-0.15, -0.1) is 0 Å². The van der Waals surface area contributed by atoms with E-state index in [9.17, 15) is 4.79 Å². The van der Waals surface area contributed by atoms with Crippen LogP contribution >= 0.6 is 0 Å². The van der Waals surface area contributed by atoms with Crippen LogP contribution in [0.1, 0.15) is 30.0 Å². The summed E-state index contributed by atoms with van der Waals surface area (Å²) in [4.78, 5) is 19.2. The van der Waals surface area contributed by atoms with Crippen LogP contribution in [0.3, 0.4) is 0 Å². The molecule has 0 saturated heterocycles. The molecule has 1 aromatic rings. The van der Waals surface area contributed by atoms with Crippen LogP contribution < -0.4 is 5.32 Å². The van der Waals surface area contributed by atoms with Crippen molar-refractivity contribution in [2.45, 2.75) is 26.3 Å². The van der Waals surface area contributed by atoms with Gasteiger partial charge in [0.1, 0.15) is 17.2 Å². The topological polar surface area (TPSA) is 84.3 Å². The predicted octanol–water partition coefficient (Wildman–Crippen LogP) is 1.18. The molecule has 0 spiro atoms. The Labute approximate surface area is 100 Å². The second kappa shape index (κ2) is 6.15. The highest BCUT2D eigenvalue weighted by Gasteiger charge is 2.14. The van der Waals surface area contributed by atoms with Crippen LogP contribution in [-0.2, 0) is 11.2 Å². The van der Waals surface area contributed by atoms with Crippen molar-refractivity contribution in [1.29, 1.82) is 0 Å². The third kappa shape index (κ3) is 3.99. The molecule has 2 N–H and O–H groups in total. The number of carbonyl (C=O) groups is 1. The number of hydrogen-bond acceptors (Lipinski definition) is 5. The molecule has 94 valence electrons. The first kappa shape index (κ1) is 13.4. The molecule has 6 heteroatoms. The lowest BCUT2D eigenvalue weighted by Crippen LogP contribution is -2.17. The first-order chi connectivity index (χ1) is 8.04. The number of nitrogens with zero attached hydrogens (tertiary/aromatic N) is 2. The Morgan fingerprint density at radius 3 is 2.82 bits per heavy atom. The van der Waals surface area contributed by atoms with Gasteiger partial charge in [-0.1, -0.05) is 0 Å². The van der Waals surface area contributed by atoms with Crippen LogP contribution in [0.5, 0.6) is 0 Å². The Balaban J connectivity index is 2.97. The third-order valence-corrected chi connectivity index (χ3v) is 2.02. The van der Waals surface area contributed by atoms with Crippen molar-refractivity contribution in [1.82, 2.24) is 9.97 Å². The van der Waals surface area contributed by atoms with E-state index in [1.54, 1.807) is 7.11 Å². The fourth-order valence-electron chi connectivity index (χ4n) is 1.27. The van der Waals surface area contributed by atoms with E-state index >= 15 is 0 Å². The standard InChI is InChI=1S/C11H17N3O3/c1-7(2)13-10-8(11(15)16)6-12-9(14-10)4-5-17-3/h6-7H,4-5H2,1-3H3,(H,15,16)(H,12,13,14). The maximum atomic E-state index is 11.0. The fraction of sp³-hybridized carbons (Fsp3) is 0.545. The number of hydrogen-bond donors (Lipinski definition) is 2. The number of carboxylic acids is 1. The predicted molar refractivity (Wildman–Crippen MR) is 63.3 cm³/mol. The molecule has 1 heterocycles. The van der Waals surface area contributed by atoms with Crippen molar-refractivity contribution in [2.75, 3.05) is 19.0 Å². The molecule has 0 bridgehead atoms. The summed E-state index contributed by atoms with van der Waals surface area (Å²) in [6.07, 6.45) is 1.88. The van der Waals surface area contributed by atoms with E-state index in [1.165, 1.54) is 6.20 Å². The number of nitrogens with one attached hydrogen (secondary N) is 1. The Bertz CT molecular complexity index is 394. The van der Waals surface area contributed by atoms with Gasteiger partial charge >= 0.3 is 5.97 Å². The van der Waals surface area contributed by atoms with Gasteiger partial charge in [0, 0.05) is 25.8 Å². The first-order valence-electron chi connectivity index (χ1n) is 5.39. The molecule has 0 saturated carbocycles. The van der Waals surface area contributed by atoms with Gasteiger partial charge in [-0.05, 0) is 13.8 Å². The maximum Gasteiger partial charge on any atom is 0.341 e. The molecule has 0 radical (unpaired) electrons. The van der Waals surface area contributed by atoms with Crippen molar-refractivity contribution >= 4 is 11.8 Å². The number of aromatic carboxylic acids is 1. The molecule has 17 heavy (non-hydrogen) atoms. The van der Waals surface area contributed by atoms with Crippen molar-refractivity contribution in [3.05, 3.63) is 17.6 Å². The summed E-state index contributed by atoms with van der Waals surface area (Å²) in [5.74, 6) is -0.111. The first-order valence-corrected chi connectivity index (χ1v) is 5.39. The highest BCUT2D eigenvalue weighted by Crippen LogP contribution is 2.13. The molecule has 0 aliphatic rings. The van der Waals surface area contributed by atoms with Gasteiger partial charge in [-0.3, -0.25) is 0 Å². The molecule has 0 fully saturated rings. The average molecular weight is 239 g/mol. The minimum Gasteiger partial charge on any atom is -0.477 e. The number of anilines is 1. The van der Waals surface area contributed by atoms with Crippen LogP contribution in [-0.4, -0.2) is 40.8 Å². The van der Waals surface area contributed by atoms with E-state index in [0.29, 0.717) is 24.7 Å². The second-order valence-electron chi connectivity index (χ2n) is 3.90. The Morgan fingerprint density at radius 2 is 2.29 bits per heavy atom. The van der Waals surface area contributed by atoms with Crippen molar-refractivity contribution in [3.8, 4) is 0 Å². The van der Waals surface area contributed by atoms with Crippen molar-refractivity contribution in [2.24, 2.45) is 0 Å². The third-order valence-electron chi connectivity index (χ3n) is 2.02. The largest absolute Gasteiger partial charge is 0.477 e. The quantitative estimate of drug-likeness (QED) is 0.775. The lowest BCUT2D eigenvalue weighted by molar-refractivity contribution is 0.0697. The molecule has 1 aromatic heterocycles. The summed E-state index contributed by atoms with van der Waals surface area (Å²) in [6, 6.07) is 0.110. The zero-order chi connectivity index (χ0) is 12.8. The summed E-state index contributed by atoms with van der Waals surface area (Å²) in [5, 5.41) is 12.0. The zero-order valence-electron chi connectivity index (χ0n) is 10.2. The van der Waals surface area contributed by atoms with Crippen LogP contribution in [0.15, 0.2) is 6.20 Å². The molecule has 0 aliphatic carbocycles. The van der Waals surface area contributed by atoms with E-state index < -0.39 is 5.97 Å². The van der Waals surface area contributed by atoms with Crippen LogP contribution in [0.4, 0.5) is 5.82 Å². The summed E-state index contributed by atoms with van der Waals surface area (Å²) < 4.78 is 4.93. The van der Waals surface area contributed by atoms with Gasteiger partial charge in [0.05, 0.1) is 6.61 Å². The van der Waals surface area contributed by atoms with Gasteiger partial charge in [0.15, 0.2) is 0 Å². The van der Waals surface area contributed by atoms with Crippen LogP contribution in [0.25, 0.3) is 0 Å². The smallest absolute Gasteiger partial charge is 0.341 e. The highest BCUT2D eigenvalue weighted by atomic mass is 16.5. The minimum atomic E-state index is -1.04. The van der Waals surface area contributed by atoms with Crippen molar-refractivity contribution < 1.29 is 14.6 Å². The number of aromatic nitrogens is 2.